The van der Waals surface area contributed by atoms with Crippen LogP contribution < -0.4 is 22.1 Å². The number of aryl methyl sites for hydroxylation is 1. The molecule has 6 rings (SSSR count). The van der Waals surface area contributed by atoms with Crippen molar-refractivity contribution in [3.63, 3.8) is 0 Å². The van der Waals surface area contributed by atoms with Crippen LogP contribution in [0.5, 0.6) is 0 Å². The second kappa shape index (κ2) is 17.3. The first kappa shape index (κ1) is 44.8. The van der Waals surface area contributed by atoms with E-state index in [4.69, 9.17) is 23.1 Å². The molecule has 0 spiro atoms. The summed E-state index contributed by atoms with van der Waals surface area (Å²) in [6.45, 7) is 23.9. The van der Waals surface area contributed by atoms with Gasteiger partial charge in [0.05, 0.1) is 37.2 Å². The van der Waals surface area contributed by atoms with Crippen molar-refractivity contribution in [2.24, 2.45) is 0 Å². The average Bonchev–Trinajstić information content (AvgIpc) is 3.87. The molecule has 0 unspecified atom stereocenters. The van der Waals surface area contributed by atoms with Crippen molar-refractivity contribution >= 4 is 51.4 Å². The largest absolute Gasteiger partial charge is 0.414 e. The van der Waals surface area contributed by atoms with Crippen molar-refractivity contribution in [1.29, 1.82) is 0 Å². The molecule has 4 aromatic rings. The van der Waals surface area contributed by atoms with E-state index in [0.29, 0.717) is 42.3 Å². The van der Waals surface area contributed by atoms with Gasteiger partial charge >= 0.3 is 5.69 Å². The van der Waals surface area contributed by atoms with Crippen LogP contribution >= 0.6 is 11.8 Å². The number of aromatic amines is 2. The van der Waals surface area contributed by atoms with Crippen LogP contribution in [-0.4, -0.2) is 94.3 Å². The standard InChI is InChI=1S/C40H59N7O9SSi2/c1-24-19-46(38(51)45-34(24)48)30-17-26(28(54-30)20-53-58(8,9)39(2,3)4)52-23-57-21-29-27(56-59(10,11)40(5,6)7)18-31(55-29)47-22-41-32-33(47)42-37(44-36(32)50)43-35(49)25-15-13-12-14-16-25/h12-16,19,22,26-31H,17-18,20-21,23H2,1-11H3,(H,45,48,51)(H2,42,43,44,49,50)/t26-,27-,28+,29+,30+,31+/m0/s1. The number of anilines is 1. The number of amides is 1. The van der Waals surface area contributed by atoms with Crippen molar-refractivity contribution in [2.45, 2.75) is 134 Å². The molecular weight excluding hydrogens is 811 g/mol. The van der Waals surface area contributed by atoms with E-state index in [1.54, 1.807) is 53.8 Å². The van der Waals surface area contributed by atoms with Gasteiger partial charge in [-0.3, -0.25) is 38.8 Å². The first-order valence-electron chi connectivity index (χ1n) is 20.0. The Morgan fingerprint density at radius 1 is 0.898 bits per heavy atom. The highest BCUT2D eigenvalue weighted by Gasteiger charge is 2.46. The fourth-order valence-electron chi connectivity index (χ4n) is 6.47. The van der Waals surface area contributed by atoms with Crippen molar-refractivity contribution in [2.75, 3.05) is 23.6 Å². The zero-order valence-corrected chi connectivity index (χ0v) is 38.7. The van der Waals surface area contributed by atoms with Crippen molar-refractivity contribution in [3.8, 4) is 0 Å². The monoisotopic (exact) mass is 869 g/mol. The van der Waals surface area contributed by atoms with E-state index in [1.165, 1.54) is 10.8 Å². The molecule has 2 aliphatic heterocycles. The molecule has 2 aliphatic rings. The molecule has 3 N–H and O–H groups in total. The minimum absolute atomic E-state index is 0.00105. The Morgan fingerprint density at radius 2 is 1.54 bits per heavy atom. The highest BCUT2D eigenvalue weighted by molar-refractivity contribution is 7.99. The lowest BCUT2D eigenvalue weighted by molar-refractivity contribution is -0.0530. The predicted octanol–water partition coefficient (Wildman–Crippen LogP) is 6.29. The van der Waals surface area contributed by atoms with Crippen LogP contribution in [-0.2, 0) is 23.1 Å². The lowest BCUT2D eigenvalue weighted by atomic mass is 10.2. The van der Waals surface area contributed by atoms with E-state index in [1.807, 2.05) is 6.07 Å². The molecule has 322 valence electrons. The number of aromatic nitrogens is 6. The first-order chi connectivity index (χ1) is 27.5. The molecule has 1 aromatic carbocycles. The van der Waals surface area contributed by atoms with Gasteiger partial charge < -0.3 is 23.1 Å². The highest BCUT2D eigenvalue weighted by atomic mass is 32.2. The van der Waals surface area contributed by atoms with E-state index in [9.17, 15) is 19.2 Å². The fraction of sp³-hybridized carbons (Fsp3) is 0.600. The number of carbonyl (C=O) groups is 1. The molecule has 59 heavy (non-hydrogen) atoms. The maximum atomic E-state index is 13.1. The Labute approximate surface area is 350 Å². The maximum absolute atomic E-state index is 13.1. The van der Waals surface area contributed by atoms with Gasteiger partial charge in [0.15, 0.2) is 27.8 Å². The average molecular weight is 870 g/mol. The van der Waals surface area contributed by atoms with Crippen LogP contribution in [0, 0.1) is 6.92 Å². The smallest absolute Gasteiger partial charge is 0.330 e. The summed E-state index contributed by atoms with van der Waals surface area (Å²) in [6, 6.07) is 8.67. The fourth-order valence-corrected chi connectivity index (χ4v) is 9.73. The molecule has 3 aromatic heterocycles. The van der Waals surface area contributed by atoms with E-state index >= 15 is 0 Å². The summed E-state index contributed by atoms with van der Waals surface area (Å²) in [7, 11) is -4.39. The number of nitrogens with zero attached hydrogens (tertiary/aromatic N) is 4. The summed E-state index contributed by atoms with van der Waals surface area (Å²) >= 11 is 1.56. The summed E-state index contributed by atoms with van der Waals surface area (Å²) in [4.78, 5) is 65.0. The van der Waals surface area contributed by atoms with Gasteiger partial charge in [-0.2, -0.15) is 4.98 Å². The van der Waals surface area contributed by atoms with Crippen LogP contribution in [0.15, 0.2) is 57.2 Å². The summed E-state index contributed by atoms with van der Waals surface area (Å²) in [6.07, 6.45) is 1.33. The number of imidazole rings is 1. The molecule has 0 radical (unpaired) electrons. The topological polar surface area (TPSA) is 194 Å². The van der Waals surface area contributed by atoms with E-state index < -0.39 is 57.9 Å². The van der Waals surface area contributed by atoms with Gasteiger partial charge in [-0.1, -0.05) is 59.7 Å². The lowest BCUT2D eigenvalue weighted by Gasteiger charge is -2.39. The predicted molar refractivity (Wildman–Crippen MR) is 233 cm³/mol. The van der Waals surface area contributed by atoms with Crippen LogP contribution in [0.4, 0.5) is 5.95 Å². The van der Waals surface area contributed by atoms with Gasteiger partial charge in [0.25, 0.3) is 17.0 Å². The number of carbonyl (C=O) groups excluding carboxylic acids is 1. The van der Waals surface area contributed by atoms with E-state index in [0.717, 1.165) is 0 Å². The Morgan fingerprint density at radius 3 is 2.22 bits per heavy atom. The Kier molecular flexibility index (Phi) is 13.2. The summed E-state index contributed by atoms with van der Waals surface area (Å²) in [5.74, 6) is 0.438. The zero-order valence-electron chi connectivity index (χ0n) is 35.9. The van der Waals surface area contributed by atoms with E-state index in [-0.39, 0.29) is 45.5 Å². The minimum atomic E-state index is -2.26. The quantitative estimate of drug-likeness (QED) is 0.0730. The number of rotatable bonds is 14. The van der Waals surface area contributed by atoms with Crippen LogP contribution in [0.1, 0.15) is 82.8 Å². The molecule has 0 bridgehead atoms. The lowest BCUT2D eigenvalue weighted by Crippen LogP contribution is -2.46. The molecule has 1 amide bonds. The SMILES string of the molecule is Cc1cn([C@H]2C[C@H](OCSC[C@H]3O[C@@H](n4cnc5c(=O)[nH]c(NC(=O)c6ccccc6)nc54)C[C@@H]3O[Si](C)(C)C(C)(C)C)[C@@H](CO[Si](C)(C)C(C)(C)C)O2)c(=O)[nH]c1=O. The second-order valence-corrected chi connectivity index (χ2v) is 29.0. The molecule has 19 heteroatoms. The van der Waals surface area contributed by atoms with Crippen LogP contribution in [0.2, 0.25) is 36.3 Å². The van der Waals surface area contributed by atoms with Gasteiger partial charge in [-0.05, 0) is 55.3 Å². The number of thioether (sulfide) groups is 1. The number of ether oxygens (including phenoxy) is 3. The third-order valence-corrected chi connectivity index (χ3v) is 22.0. The van der Waals surface area contributed by atoms with Crippen LogP contribution in [0.3, 0.4) is 0 Å². The molecule has 0 aliphatic carbocycles. The normalized spacial score (nSPS) is 23.0. The molecule has 6 atom stereocenters. The summed E-state index contributed by atoms with van der Waals surface area (Å²) < 4.78 is 36.4. The first-order valence-corrected chi connectivity index (χ1v) is 27.0. The van der Waals surface area contributed by atoms with Gasteiger partial charge in [0, 0.05) is 35.9 Å². The number of nitrogens with one attached hydrogen (secondary N) is 3. The molecule has 16 nitrogen and oxygen atoms in total. The number of H-pyrrole nitrogens is 2. The Bertz CT molecular complexity index is 2300. The van der Waals surface area contributed by atoms with E-state index in [2.05, 4.69) is 93.0 Å². The van der Waals surface area contributed by atoms with Crippen molar-refractivity contribution < 1.29 is 27.9 Å². The summed E-state index contributed by atoms with van der Waals surface area (Å²) in [5.41, 5.74) is -0.211. The maximum Gasteiger partial charge on any atom is 0.330 e. The minimum Gasteiger partial charge on any atom is -0.414 e. The third kappa shape index (κ3) is 10.1. The van der Waals surface area contributed by atoms with Gasteiger partial charge in [-0.15, -0.1) is 11.8 Å². The summed E-state index contributed by atoms with van der Waals surface area (Å²) in [5, 5.41) is 2.63. The zero-order chi connectivity index (χ0) is 43.1. The molecule has 2 fully saturated rings. The number of hydrogen-bond donors (Lipinski definition) is 3. The van der Waals surface area contributed by atoms with Gasteiger partial charge in [-0.25, -0.2) is 9.78 Å². The van der Waals surface area contributed by atoms with Crippen molar-refractivity contribution in [1.82, 2.24) is 29.1 Å². The van der Waals surface area contributed by atoms with Gasteiger partial charge in [0.1, 0.15) is 18.6 Å². The molecular formula is C40H59N7O9SSi2. The second-order valence-electron chi connectivity index (χ2n) is 18.4. The number of fused-ring (bicyclic) bond motifs is 1. The van der Waals surface area contributed by atoms with Crippen LogP contribution in [0.25, 0.3) is 11.2 Å². The number of benzene rings is 1. The third-order valence-electron chi connectivity index (χ3n) is 12.1. The Hall–Kier alpha value is -3.70. The number of hydrogen-bond acceptors (Lipinski definition) is 12. The molecule has 2 saturated heterocycles. The van der Waals surface area contributed by atoms with Crippen molar-refractivity contribution in [3.05, 3.63) is 85.2 Å². The highest BCUT2D eigenvalue weighted by Crippen LogP contribution is 2.43. The Balaban J connectivity index is 1.18. The molecule has 5 heterocycles. The molecule has 0 saturated carbocycles. The van der Waals surface area contributed by atoms with Gasteiger partial charge in [0.2, 0.25) is 5.95 Å².